The van der Waals surface area contributed by atoms with Crippen LogP contribution in [0.4, 0.5) is 0 Å². The predicted octanol–water partition coefficient (Wildman–Crippen LogP) is 5.53. The van der Waals surface area contributed by atoms with Gasteiger partial charge in [-0.15, -0.1) is 0 Å². The molecule has 7 heteroatoms. The lowest BCUT2D eigenvalue weighted by Crippen LogP contribution is -2.66. The minimum atomic E-state index is -1.52. The highest BCUT2D eigenvalue weighted by molar-refractivity contribution is 6.15. The number of fused-ring (bicyclic) bond motifs is 7. The summed E-state index contributed by atoms with van der Waals surface area (Å²) in [6, 6.07) is 2.04. The van der Waals surface area contributed by atoms with E-state index in [9.17, 15) is 24.4 Å². The van der Waals surface area contributed by atoms with E-state index in [0.717, 1.165) is 24.8 Å². The van der Waals surface area contributed by atoms with Crippen molar-refractivity contribution in [2.45, 2.75) is 86.5 Å². The largest absolute Gasteiger partial charge is 0.469 e. The smallest absolute Gasteiger partial charge is 0.319 e. The molecular weight excluding hydrogens is 506 g/mol. The Labute approximate surface area is 237 Å². The number of esters is 2. The quantitative estimate of drug-likeness (QED) is 0.329. The summed E-state index contributed by atoms with van der Waals surface area (Å²) in [4.78, 5) is 54.6. The van der Waals surface area contributed by atoms with Gasteiger partial charge in [-0.3, -0.25) is 19.2 Å². The number of ketones is 2. The number of nitrogens with zero attached hydrogens (tertiary/aromatic N) is 1. The maximum absolute atomic E-state index is 14.5. The van der Waals surface area contributed by atoms with Crippen molar-refractivity contribution in [3.8, 4) is 6.07 Å². The molecule has 0 bridgehead atoms. The molecule has 3 saturated carbocycles. The fourth-order valence-electron chi connectivity index (χ4n) is 10.3. The summed E-state index contributed by atoms with van der Waals surface area (Å²) in [6.45, 7) is 12.5. The van der Waals surface area contributed by atoms with Gasteiger partial charge in [0.1, 0.15) is 11.5 Å². The summed E-state index contributed by atoms with van der Waals surface area (Å²) in [5.74, 6) is -2.26. The van der Waals surface area contributed by atoms with E-state index in [1.807, 2.05) is 13.0 Å². The number of nitriles is 1. The van der Waals surface area contributed by atoms with Crippen molar-refractivity contribution in [3.63, 3.8) is 0 Å². The molecule has 0 aromatic heterocycles. The first-order chi connectivity index (χ1) is 18.5. The molecule has 0 spiro atoms. The number of hydrogen-bond donors (Lipinski definition) is 0. The Morgan fingerprint density at radius 2 is 1.55 bits per heavy atom. The molecule has 8 atom stereocenters. The molecule has 5 aliphatic rings. The summed E-state index contributed by atoms with van der Waals surface area (Å²) in [7, 11) is 2.72. The van der Waals surface area contributed by atoms with Crippen molar-refractivity contribution in [2.75, 3.05) is 14.2 Å². The average molecular weight is 550 g/mol. The second kappa shape index (κ2) is 8.63. The highest BCUT2D eigenvalue weighted by Gasteiger charge is 2.72. The summed E-state index contributed by atoms with van der Waals surface area (Å²) < 4.78 is 10.5. The molecule has 5 aliphatic carbocycles. The van der Waals surface area contributed by atoms with Crippen molar-refractivity contribution >= 4 is 23.5 Å². The third-order valence-electron chi connectivity index (χ3n) is 12.8. The lowest BCUT2D eigenvalue weighted by atomic mass is 9.34. The minimum Gasteiger partial charge on any atom is -0.469 e. The Balaban J connectivity index is 1.72. The number of carbonyl (C=O) groups excluding carboxylic acids is 4. The summed E-state index contributed by atoms with van der Waals surface area (Å²) >= 11 is 0. The zero-order valence-electron chi connectivity index (χ0n) is 25.2. The Kier molecular flexibility index (Phi) is 6.21. The van der Waals surface area contributed by atoms with Gasteiger partial charge in [-0.1, -0.05) is 46.3 Å². The molecule has 0 amide bonds. The van der Waals surface area contributed by atoms with Crippen LogP contribution in [0, 0.1) is 61.6 Å². The van der Waals surface area contributed by atoms with Gasteiger partial charge < -0.3 is 9.47 Å². The van der Waals surface area contributed by atoms with E-state index < -0.39 is 44.7 Å². The van der Waals surface area contributed by atoms with Crippen molar-refractivity contribution in [1.29, 1.82) is 5.26 Å². The second-order valence-electron chi connectivity index (χ2n) is 14.9. The fraction of sp³-hybridized carbons (Fsp3) is 0.727. The van der Waals surface area contributed by atoms with Crippen molar-refractivity contribution in [3.05, 3.63) is 23.3 Å². The van der Waals surface area contributed by atoms with E-state index in [4.69, 9.17) is 9.47 Å². The van der Waals surface area contributed by atoms with Crippen LogP contribution in [0.3, 0.4) is 0 Å². The van der Waals surface area contributed by atoms with E-state index in [-0.39, 0.29) is 34.6 Å². The number of carbonyl (C=O) groups is 4. The third-order valence-corrected chi connectivity index (χ3v) is 12.8. The number of methoxy groups -OCH3 is 2. The zero-order chi connectivity index (χ0) is 29.7. The van der Waals surface area contributed by atoms with Gasteiger partial charge in [0, 0.05) is 11.3 Å². The molecule has 0 radical (unpaired) electrons. The molecule has 216 valence electrons. The molecule has 0 saturated heterocycles. The Morgan fingerprint density at radius 3 is 2.15 bits per heavy atom. The van der Waals surface area contributed by atoms with Crippen LogP contribution in [0.5, 0.6) is 0 Å². The maximum Gasteiger partial charge on any atom is 0.319 e. The van der Waals surface area contributed by atoms with E-state index in [0.29, 0.717) is 25.7 Å². The molecule has 5 rings (SSSR count). The Bertz CT molecular complexity index is 1320. The highest BCUT2D eigenvalue weighted by Crippen LogP contribution is 2.74. The predicted molar refractivity (Wildman–Crippen MR) is 147 cm³/mol. The van der Waals surface area contributed by atoms with Crippen LogP contribution in [0.1, 0.15) is 86.5 Å². The van der Waals surface area contributed by atoms with Gasteiger partial charge in [0.25, 0.3) is 0 Å². The topological polar surface area (TPSA) is 111 Å². The first kappa shape index (κ1) is 28.8. The molecule has 3 fully saturated rings. The van der Waals surface area contributed by atoms with Gasteiger partial charge in [-0.05, 0) is 86.0 Å². The summed E-state index contributed by atoms with van der Waals surface area (Å²) in [6.07, 6.45) is 8.53. The molecular formula is C33H43NO6. The Hall–Kier alpha value is -2.75. The first-order valence-corrected chi connectivity index (χ1v) is 14.6. The molecule has 7 nitrogen and oxygen atoms in total. The van der Waals surface area contributed by atoms with Crippen LogP contribution in [-0.2, 0) is 28.7 Å². The maximum atomic E-state index is 14.5. The van der Waals surface area contributed by atoms with Gasteiger partial charge in [0.15, 0.2) is 11.6 Å². The van der Waals surface area contributed by atoms with Gasteiger partial charge in [0.2, 0.25) is 0 Å². The van der Waals surface area contributed by atoms with Crippen LogP contribution >= 0.6 is 0 Å². The molecule has 0 aromatic rings. The van der Waals surface area contributed by atoms with Gasteiger partial charge in [-0.25, -0.2) is 0 Å². The average Bonchev–Trinajstić information content (AvgIpc) is 2.90. The normalized spacial score (nSPS) is 45.3. The first-order valence-electron chi connectivity index (χ1n) is 14.6. The van der Waals surface area contributed by atoms with Gasteiger partial charge in [0.05, 0.1) is 25.2 Å². The lowest BCUT2D eigenvalue weighted by Gasteiger charge is -2.68. The van der Waals surface area contributed by atoms with Crippen molar-refractivity contribution in [2.24, 2.45) is 50.2 Å². The lowest BCUT2D eigenvalue weighted by molar-refractivity contribution is -0.191. The monoisotopic (exact) mass is 549 g/mol. The summed E-state index contributed by atoms with van der Waals surface area (Å²) in [5, 5.41) is 9.96. The second-order valence-corrected chi connectivity index (χ2v) is 14.9. The number of rotatable bonds is 2. The fourth-order valence-corrected chi connectivity index (χ4v) is 10.3. The zero-order valence-corrected chi connectivity index (χ0v) is 25.2. The minimum absolute atomic E-state index is 0.00570. The number of hydrogen-bond acceptors (Lipinski definition) is 7. The van der Waals surface area contributed by atoms with E-state index in [1.54, 1.807) is 19.1 Å². The molecule has 0 N–H and O–H groups in total. The van der Waals surface area contributed by atoms with Crippen molar-refractivity contribution < 1.29 is 28.7 Å². The van der Waals surface area contributed by atoms with Crippen LogP contribution < -0.4 is 0 Å². The highest BCUT2D eigenvalue weighted by atomic mass is 16.5. The van der Waals surface area contributed by atoms with E-state index >= 15 is 0 Å². The molecule has 40 heavy (non-hydrogen) atoms. The van der Waals surface area contributed by atoms with Crippen LogP contribution in [-0.4, -0.2) is 37.7 Å². The van der Waals surface area contributed by atoms with Gasteiger partial charge >= 0.3 is 11.9 Å². The SMILES string of the molecule is COC(=O)[C@]12CCC(C)(C)CC1[C@@H]1C(=O)C=C3[C@@]4(C)C=C(C#N)C(=O)[C@@](C)(C(=O)OC)[C@@H]4CC[C@@]3(C)[C@]1(C)CC2. The van der Waals surface area contributed by atoms with Crippen LogP contribution in [0.25, 0.3) is 0 Å². The van der Waals surface area contributed by atoms with Crippen LogP contribution in [0.15, 0.2) is 23.3 Å². The van der Waals surface area contributed by atoms with Gasteiger partial charge in [-0.2, -0.15) is 5.26 Å². The molecule has 1 unspecified atom stereocenters. The number of allylic oxidation sites excluding steroid dienone is 4. The molecule has 0 aliphatic heterocycles. The van der Waals surface area contributed by atoms with Crippen LogP contribution in [0.2, 0.25) is 0 Å². The van der Waals surface area contributed by atoms with Crippen molar-refractivity contribution in [1.82, 2.24) is 0 Å². The molecule has 0 heterocycles. The number of Topliss-reactive ketones (excluding diaryl/α,β-unsaturated/α-hetero) is 1. The molecule has 0 aromatic carbocycles. The Morgan fingerprint density at radius 1 is 0.925 bits per heavy atom. The standard InChI is InChI=1S/C33H43NO6/c1-28(2)11-13-33(27(38)40-8)14-12-31(5)24(20(33)17-28)21(35)15-23-29(3)16-19(18-34)25(36)32(6,26(37)39-7)22(29)9-10-30(23,31)4/h15-16,20,22,24H,9-14,17H2,1-8H3/t20?,22-,24-,29+,30-,31-,32+,33+/m1/s1. The number of ether oxygens (including phenoxy) is 2. The third kappa shape index (κ3) is 3.28. The van der Waals surface area contributed by atoms with E-state index in [2.05, 4.69) is 27.7 Å². The van der Waals surface area contributed by atoms with E-state index in [1.165, 1.54) is 14.2 Å². The summed E-state index contributed by atoms with van der Waals surface area (Å²) in [5.41, 5.74) is -3.08.